The van der Waals surface area contributed by atoms with Crippen LogP contribution in [0.5, 0.6) is 0 Å². The van der Waals surface area contributed by atoms with Crippen LogP contribution in [0.25, 0.3) is 0 Å². The maximum absolute atomic E-state index is 11.8. The number of halogens is 1. The van der Waals surface area contributed by atoms with E-state index in [1.165, 1.54) is 0 Å². The molecule has 1 amide bonds. The Morgan fingerprint density at radius 3 is 2.39 bits per heavy atom. The molecular weight excluding hydrogens is 314 g/mol. The van der Waals surface area contributed by atoms with E-state index in [2.05, 4.69) is 10.6 Å². The van der Waals surface area contributed by atoms with E-state index >= 15 is 0 Å². The van der Waals surface area contributed by atoms with Gasteiger partial charge in [-0.2, -0.15) is 0 Å². The quantitative estimate of drug-likeness (QED) is 0.722. The molecule has 1 saturated carbocycles. The normalized spacial score (nSPS) is 21.6. The highest BCUT2D eigenvalue weighted by Gasteiger charge is 2.24. The third-order valence-electron chi connectivity index (χ3n) is 3.82. The Hall–Kier alpha value is -1.62. The zero-order valence-corrected chi connectivity index (χ0v) is 14.7. The van der Waals surface area contributed by atoms with Crippen molar-refractivity contribution in [3.05, 3.63) is 23.2 Å². The Labute approximate surface area is 142 Å². The first-order valence-electron chi connectivity index (χ1n) is 8.04. The van der Waals surface area contributed by atoms with Gasteiger partial charge in [-0.05, 0) is 64.7 Å². The van der Waals surface area contributed by atoms with Crippen LogP contribution in [0.2, 0.25) is 5.02 Å². The van der Waals surface area contributed by atoms with Crippen molar-refractivity contribution >= 4 is 29.1 Å². The molecular formula is C17H26ClN3O2. The minimum absolute atomic E-state index is 0.172. The largest absolute Gasteiger partial charge is 0.444 e. The third-order valence-corrected chi connectivity index (χ3v) is 4.06. The number of amides is 1. The second kappa shape index (κ2) is 7.30. The molecule has 0 bridgehead atoms. The summed E-state index contributed by atoms with van der Waals surface area (Å²) in [7, 11) is 0. The van der Waals surface area contributed by atoms with Crippen LogP contribution >= 0.6 is 11.6 Å². The van der Waals surface area contributed by atoms with Gasteiger partial charge in [-0.25, -0.2) is 4.79 Å². The fraction of sp³-hybridized carbons (Fsp3) is 0.588. The summed E-state index contributed by atoms with van der Waals surface area (Å²) < 4.78 is 5.30. The van der Waals surface area contributed by atoms with E-state index in [0.29, 0.717) is 16.8 Å². The fourth-order valence-electron chi connectivity index (χ4n) is 2.74. The van der Waals surface area contributed by atoms with E-state index in [0.717, 1.165) is 31.4 Å². The standard InChI is InChI=1S/C17H26ClN3O2/c1-17(2,3)23-16(22)21-13-7-5-12(6-8-13)20-15-9-4-11(18)10-14(15)19/h4,9-10,12-13,20H,5-8,19H2,1-3H3,(H,21,22). The van der Waals surface area contributed by atoms with Gasteiger partial charge in [0.1, 0.15) is 5.60 Å². The van der Waals surface area contributed by atoms with Crippen molar-refractivity contribution in [3.8, 4) is 0 Å². The highest BCUT2D eigenvalue weighted by Crippen LogP contribution is 2.27. The number of hydrogen-bond acceptors (Lipinski definition) is 4. The molecule has 0 heterocycles. The van der Waals surface area contributed by atoms with Gasteiger partial charge in [-0.3, -0.25) is 0 Å². The molecule has 0 aliphatic heterocycles. The maximum atomic E-state index is 11.8. The van der Waals surface area contributed by atoms with Crippen LogP contribution in [-0.4, -0.2) is 23.8 Å². The lowest BCUT2D eigenvalue weighted by molar-refractivity contribution is 0.0492. The highest BCUT2D eigenvalue weighted by molar-refractivity contribution is 6.31. The molecule has 2 rings (SSSR count). The van der Waals surface area contributed by atoms with Gasteiger partial charge in [-0.1, -0.05) is 11.6 Å². The molecule has 23 heavy (non-hydrogen) atoms. The number of anilines is 2. The van der Waals surface area contributed by atoms with Crippen LogP contribution in [0, 0.1) is 0 Å². The SMILES string of the molecule is CC(C)(C)OC(=O)NC1CCC(Nc2ccc(Cl)cc2N)CC1. The summed E-state index contributed by atoms with van der Waals surface area (Å²) in [6.07, 6.45) is 3.45. The number of nitrogen functional groups attached to an aromatic ring is 1. The van der Waals surface area contributed by atoms with Crippen molar-refractivity contribution in [2.75, 3.05) is 11.1 Å². The van der Waals surface area contributed by atoms with Crippen LogP contribution in [0.15, 0.2) is 18.2 Å². The van der Waals surface area contributed by atoms with Crippen LogP contribution in [0.1, 0.15) is 46.5 Å². The first kappa shape index (κ1) is 17.7. The third kappa shape index (κ3) is 5.82. The van der Waals surface area contributed by atoms with Gasteiger partial charge in [0.05, 0.1) is 11.4 Å². The number of alkyl carbamates (subject to hydrolysis) is 1. The zero-order valence-electron chi connectivity index (χ0n) is 14.0. The summed E-state index contributed by atoms with van der Waals surface area (Å²) in [5, 5.41) is 7.05. The fourth-order valence-corrected chi connectivity index (χ4v) is 2.92. The Kier molecular flexibility index (Phi) is 5.63. The first-order chi connectivity index (χ1) is 10.7. The number of ether oxygens (including phenoxy) is 1. The molecule has 1 fully saturated rings. The van der Waals surface area contributed by atoms with Crippen LogP contribution in [0.3, 0.4) is 0 Å². The topological polar surface area (TPSA) is 76.4 Å². The van der Waals surface area contributed by atoms with E-state index in [1.807, 2.05) is 32.9 Å². The smallest absolute Gasteiger partial charge is 0.407 e. The molecule has 6 heteroatoms. The molecule has 0 atom stereocenters. The van der Waals surface area contributed by atoms with Gasteiger partial charge >= 0.3 is 6.09 Å². The van der Waals surface area contributed by atoms with E-state index in [-0.39, 0.29) is 12.1 Å². The summed E-state index contributed by atoms with van der Waals surface area (Å²) >= 11 is 5.91. The molecule has 1 aromatic carbocycles. The van der Waals surface area contributed by atoms with Crippen molar-refractivity contribution in [2.24, 2.45) is 0 Å². The Morgan fingerprint density at radius 2 is 1.83 bits per heavy atom. The molecule has 4 N–H and O–H groups in total. The number of benzene rings is 1. The molecule has 0 unspecified atom stereocenters. The Bertz CT molecular complexity index is 549. The van der Waals surface area contributed by atoms with Gasteiger partial charge < -0.3 is 21.1 Å². The summed E-state index contributed by atoms with van der Waals surface area (Å²) in [5.74, 6) is 0. The van der Waals surface area contributed by atoms with Gasteiger partial charge in [0, 0.05) is 17.1 Å². The second-order valence-corrected chi connectivity index (χ2v) is 7.51. The molecule has 0 aromatic heterocycles. The lowest BCUT2D eigenvalue weighted by Gasteiger charge is -2.31. The molecule has 0 spiro atoms. The maximum Gasteiger partial charge on any atom is 0.407 e. The lowest BCUT2D eigenvalue weighted by Crippen LogP contribution is -2.42. The molecule has 128 valence electrons. The van der Waals surface area contributed by atoms with Crippen LogP contribution in [-0.2, 0) is 4.74 Å². The molecule has 0 radical (unpaired) electrons. The minimum Gasteiger partial charge on any atom is -0.444 e. The van der Waals surface area contributed by atoms with Crippen molar-refractivity contribution in [3.63, 3.8) is 0 Å². The number of nitrogens with two attached hydrogens (primary N) is 1. The van der Waals surface area contributed by atoms with Crippen molar-refractivity contribution in [1.29, 1.82) is 0 Å². The summed E-state index contributed by atoms with van der Waals surface area (Å²) in [5.41, 5.74) is 7.08. The average Bonchev–Trinajstić information content (AvgIpc) is 2.42. The van der Waals surface area contributed by atoms with Crippen LogP contribution < -0.4 is 16.4 Å². The van der Waals surface area contributed by atoms with Gasteiger partial charge in [0.15, 0.2) is 0 Å². The summed E-state index contributed by atoms with van der Waals surface area (Å²) in [4.78, 5) is 11.8. The predicted octanol–water partition coefficient (Wildman–Crippen LogP) is 4.17. The van der Waals surface area contributed by atoms with E-state index in [9.17, 15) is 4.79 Å². The minimum atomic E-state index is -0.463. The zero-order chi connectivity index (χ0) is 17.0. The molecule has 0 saturated heterocycles. The number of carbonyl (C=O) groups is 1. The Balaban J connectivity index is 1.79. The number of carbonyl (C=O) groups excluding carboxylic acids is 1. The monoisotopic (exact) mass is 339 g/mol. The average molecular weight is 340 g/mol. The summed E-state index contributed by atoms with van der Waals surface area (Å²) in [6.45, 7) is 5.60. The van der Waals surface area contributed by atoms with Crippen molar-refractivity contribution in [2.45, 2.75) is 64.1 Å². The van der Waals surface area contributed by atoms with Crippen molar-refractivity contribution in [1.82, 2.24) is 5.32 Å². The number of nitrogens with one attached hydrogen (secondary N) is 2. The second-order valence-electron chi connectivity index (χ2n) is 7.07. The van der Waals surface area contributed by atoms with E-state index in [1.54, 1.807) is 6.07 Å². The van der Waals surface area contributed by atoms with Crippen molar-refractivity contribution < 1.29 is 9.53 Å². The van der Waals surface area contributed by atoms with E-state index < -0.39 is 5.60 Å². The Morgan fingerprint density at radius 1 is 1.22 bits per heavy atom. The van der Waals surface area contributed by atoms with Gasteiger partial charge in [0.25, 0.3) is 0 Å². The predicted molar refractivity (Wildman–Crippen MR) is 94.9 cm³/mol. The van der Waals surface area contributed by atoms with Gasteiger partial charge in [-0.15, -0.1) is 0 Å². The molecule has 1 aromatic rings. The van der Waals surface area contributed by atoms with Crippen LogP contribution in [0.4, 0.5) is 16.2 Å². The highest BCUT2D eigenvalue weighted by atomic mass is 35.5. The molecule has 5 nitrogen and oxygen atoms in total. The van der Waals surface area contributed by atoms with Gasteiger partial charge in [0.2, 0.25) is 0 Å². The number of rotatable bonds is 3. The van der Waals surface area contributed by atoms with E-state index in [4.69, 9.17) is 22.1 Å². The first-order valence-corrected chi connectivity index (χ1v) is 8.42. The number of hydrogen-bond donors (Lipinski definition) is 3. The molecule has 1 aliphatic rings. The molecule has 1 aliphatic carbocycles. The summed E-state index contributed by atoms with van der Waals surface area (Å²) in [6, 6.07) is 6.01. The lowest BCUT2D eigenvalue weighted by atomic mass is 9.91.